The number of nitrogens with zero attached hydrogens (tertiary/aromatic N) is 2. The lowest BCUT2D eigenvalue weighted by Gasteiger charge is -2.35. The number of nitrogens with one attached hydrogen (secondary N) is 1. The number of ether oxygens (including phenoxy) is 1. The Bertz CT molecular complexity index is 403. The van der Waals surface area contributed by atoms with Crippen LogP contribution in [0.5, 0.6) is 0 Å². The van der Waals surface area contributed by atoms with Crippen molar-refractivity contribution < 1.29 is 9.15 Å². The van der Waals surface area contributed by atoms with Gasteiger partial charge in [-0.3, -0.25) is 0 Å². The van der Waals surface area contributed by atoms with Crippen molar-refractivity contribution in [3.8, 4) is 0 Å². The molecule has 1 saturated heterocycles. The molecule has 0 radical (unpaired) electrons. The molecule has 2 fully saturated rings. The number of rotatable bonds is 4. The average Bonchev–Trinajstić information content (AvgIpc) is 3.08. The van der Waals surface area contributed by atoms with Crippen LogP contribution in [0.4, 0.5) is 6.01 Å². The van der Waals surface area contributed by atoms with Gasteiger partial charge in [-0.25, -0.2) is 0 Å². The Balaban J connectivity index is 1.63. The van der Waals surface area contributed by atoms with Crippen molar-refractivity contribution >= 4 is 6.01 Å². The monoisotopic (exact) mass is 251 g/mol. The zero-order valence-electron chi connectivity index (χ0n) is 11.1. The highest BCUT2D eigenvalue weighted by Gasteiger charge is 2.27. The summed E-state index contributed by atoms with van der Waals surface area (Å²) in [6.45, 7) is 6.61. The van der Waals surface area contributed by atoms with Crippen molar-refractivity contribution in [2.24, 2.45) is 0 Å². The fourth-order valence-electron chi connectivity index (χ4n) is 2.22. The number of oxazole rings is 1. The summed E-state index contributed by atoms with van der Waals surface area (Å²) >= 11 is 0. The van der Waals surface area contributed by atoms with E-state index in [1.165, 1.54) is 12.8 Å². The second-order valence-corrected chi connectivity index (χ2v) is 5.42. The summed E-state index contributed by atoms with van der Waals surface area (Å²) in [6.07, 6.45) is 4.59. The molecule has 5 nitrogen and oxygen atoms in total. The maximum atomic E-state index is 5.61. The van der Waals surface area contributed by atoms with Crippen LogP contribution in [-0.4, -0.2) is 36.3 Å². The Morgan fingerprint density at radius 3 is 3.06 bits per heavy atom. The molecule has 2 aliphatic rings. The number of aromatic nitrogens is 1. The molecule has 0 amide bonds. The Morgan fingerprint density at radius 1 is 1.44 bits per heavy atom. The first-order valence-corrected chi connectivity index (χ1v) is 6.78. The number of hydrogen-bond acceptors (Lipinski definition) is 5. The Hall–Kier alpha value is -1.07. The first-order chi connectivity index (χ1) is 8.72. The summed E-state index contributed by atoms with van der Waals surface area (Å²) in [5, 5.41) is 3.44. The molecule has 18 heavy (non-hydrogen) atoms. The summed E-state index contributed by atoms with van der Waals surface area (Å²) < 4.78 is 11.2. The topological polar surface area (TPSA) is 50.5 Å². The van der Waals surface area contributed by atoms with Gasteiger partial charge in [-0.15, -0.1) is 0 Å². The van der Waals surface area contributed by atoms with Gasteiger partial charge in [0.2, 0.25) is 0 Å². The van der Waals surface area contributed by atoms with E-state index in [2.05, 4.69) is 29.0 Å². The maximum Gasteiger partial charge on any atom is 0.297 e. The van der Waals surface area contributed by atoms with E-state index in [1.54, 1.807) is 6.26 Å². The number of anilines is 1. The van der Waals surface area contributed by atoms with Gasteiger partial charge in [0.1, 0.15) is 6.26 Å². The van der Waals surface area contributed by atoms with Crippen LogP contribution in [0.3, 0.4) is 0 Å². The van der Waals surface area contributed by atoms with E-state index in [4.69, 9.17) is 9.15 Å². The maximum absolute atomic E-state index is 5.61. The zero-order valence-corrected chi connectivity index (χ0v) is 11.1. The molecule has 100 valence electrons. The summed E-state index contributed by atoms with van der Waals surface area (Å²) in [5.74, 6) is 0. The van der Waals surface area contributed by atoms with E-state index in [1.807, 2.05) is 0 Å². The van der Waals surface area contributed by atoms with Gasteiger partial charge in [0.05, 0.1) is 24.4 Å². The summed E-state index contributed by atoms with van der Waals surface area (Å²) in [7, 11) is 0. The fourth-order valence-corrected chi connectivity index (χ4v) is 2.22. The van der Waals surface area contributed by atoms with Crippen LogP contribution in [0.2, 0.25) is 0 Å². The minimum atomic E-state index is 0.237. The molecule has 2 heterocycles. The molecule has 1 aliphatic carbocycles. The van der Waals surface area contributed by atoms with Gasteiger partial charge in [-0.1, -0.05) is 0 Å². The summed E-state index contributed by atoms with van der Waals surface area (Å²) in [6, 6.07) is 1.75. The van der Waals surface area contributed by atoms with Crippen LogP contribution >= 0.6 is 0 Å². The lowest BCUT2D eigenvalue weighted by atomic mass is 10.2. The molecule has 1 N–H and O–H groups in total. The molecule has 0 aromatic carbocycles. The van der Waals surface area contributed by atoms with E-state index in [9.17, 15) is 0 Å². The highest BCUT2D eigenvalue weighted by Crippen LogP contribution is 2.22. The molecule has 2 atom stereocenters. The number of hydrogen-bond donors (Lipinski definition) is 1. The van der Waals surface area contributed by atoms with E-state index in [0.717, 1.165) is 31.4 Å². The molecule has 0 bridgehead atoms. The van der Waals surface area contributed by atoms with E-state index in [-0.39, 0.29) is 6.10 Å². The van der Waals surface area contributed by atoms with Gasteiger partial charge in [0.25, 0.3) is 6.01 Å². The normalized spacial score (nSPS) is 28.7. The van der Waals surface area contributed by atoms with E-state index >= 15 is 0 Å². The molecule has 1 aromatic rings. The standard InChI is InChI=1S/C13H21N3O2/c1-9-7-17-10(2)6-16(9)13-15-12(8-18-13)5-14-11-3-4-11/h8-11,14H,3-7H2,1-2H3. The molecular formula is C13H21N3O2. The van der Waals surface area contributed by atoms with Crippen LogP contribution in [0.1, 0.15) is 32.4 Å². The highest BCUT2D eigenvalue weighted by molar-refractivity contribution is 5.30. The molecule has 1 aromatic heterocycles. The Kier molecular flexibility index (Phi) is 3.26. The van der Waals surface area contributed by atoms with Gasteiger partial charge in [-0.2, -0.15) is 4.98 Å². The first kappa shape index (κ1) is 12.0. The van der Waals surface area contributed by atoms with E-state index in [0.29, 0.717) is 12.1 Å². The van der Waals surface area contributed by atoms with Crippen LogP contribution in [0.15, 0.2) is 10.7 Å². The molecule has 1 saturated carbocycles. The van der Waals surface area contributed by atoms with Gasteiger partial charge in [0.15, 0.2) is 0 Å². The second kappa shape index (κ2) is 4.90. The zero-order chi connectivity index (χ0) is 12.5. The first-order valence-electron chi connectivity index (χ1n) is 6.78. The van der Waals surface area contributed by atoms with Gasteiger partial charge >= 0.3 is 0 Å². The van der Waals surface area contributed by atoms with Crippen molar-refractivity contribution in [3.63, 3.8) is 0 Å². The van der Waals surface area contributed by atoms with Gasteiger partial charge < -0.3 is 19.4 Å². The minimum Gasteiger partial charge on any atom is -0.432 e. The minimum absolute atomic E-state index is 0.237. The quantitative estimate of drug-likeness (QED) is 0.879. The Morgan fingerprint density at radius 2 is 2.28 bits per heavy atom. The number of morpholine rings is 1. The van der Waals surface area contributed by atoms with Gasteiger partial charge in [0, 0.05) is 19.1 Å². The third-order valence-electron chi connectivity index (χ3n) is 3.54. The van der Waals surface area contributed by atoms with Crippen molar-refractivity contribution in [2.75, 3.05) is 18.1 Å². The summed E-state index contributed by atoms with van der Waals surface area (Å²) in [5.41, 5.74) is 0.989. The third kappa shape index (κ3) is 2.67. The van der Waals surface area contributed by atoms with Crippen molar-refractivity contribution in [1.82, 2.24) is 10.3 Å². The molecule has 1 aliphatic heterocycles. The molecule has 2 unspecified atom stereocenters. The fraction of sp³-hybridized carbons (Fsp3) is 0.769. The Labute approximate surface area is 108 Å². The van der Waals surface area contributed by atoms with Crippen molar-refractivity contribution in [3.05, 3.63) is 12.0 Å². The largest absolute Gasteiger partial charge is 0.432 e. The van der Waals surface area contributed by atoms with Crippen LogP contribution < -0.4 is 10.2 Å². The lowest BCUT2D eigenvalue weighted by molar-refractivity contribution is 0.0322. The smallest absolute Gasteiger partial charge is 0.297 e. The second-order valence-electron chi connectivity index (χ2n) is 5.42. The molecule has 3 rings (SSSR count). The van der Waals surface area contributed by atoms with Crippen molar-refractivity contribution in [2.45, 2.75) is 51.4 Å². The predicted octanol–water partition coefficient (Wildman–Crippen LogP) is 1.54. The molecule has 0 spiro atoms. The lowest BCUT2D eigenvalue weighted by Crippen LogP contribution is -2.47. The third-order valence-corrected chi connectivity index (χ3v) is 3.54. The van der Waals surface area contributed by atoms with E-state index < -0.39 is 0 Å². The van der Waals surface area contributed by atoms with Crippen LogP contribution in [0.25, 0.3) is 0 Å². The molecule has 5 heteroatoms. The molecular weight excluding hydrogens is 230 g/mol. The van der Waals surface area contributed by atoms with Crippen LogP contribution in [0, 0.1) is 0 Å². The van der Waals surface area contributed by atoms with Crippen LogP contribution in [-0.2, 0) is 11.3 Å². The summed E-state index contributed by atoms with van der Waals surface area (Å²) in [4.78, 5) is 6.75. The van der Waals surface area contributed by atoms with Gasteiger partial charge in [-0.05, 0) is 26.7 Å². The average molecular weight is 251 g/mol. The predicted molar refractivity (Wildman–Crippen MR) is 68.6 cm³/mol. The van der Waals surface area contributed by atoms with Crippen molar-refractivity contribution in [1.29, 1.82) is 0 Å². The SMILES string of the molecule is CC1CN(c2nc(CNC3CC3)co2)C(C)CO1. The highest BCUT2D eigenvalue weighted by atomic mass is 16.5.